The molecule has 1 heterocycles. The maximum absolute atomic E-state index is 11.2. The number of rotatable bonds is 3. The summed E-state index contributed by atoms with van der Waals surface area (Å²) in [6, 6.07) is 9.15. The summed E-state index contributed by atoms with van der Waals surface area (Å²) >= 11 is 0. The van der Waals surface area contributed by atoms with E-state index in [1.807, 2.05) is 30.3 Å². The fraction of sp³-hybridized carbons (Fsp3) is 0.0909. The third kappa shape index (κ3) is 2.36. The number of hydrogen-bond donors (Lipinski definition) is 1. The number of tetrazole rings is 1. The van der Waals surface area contributed by atoms with Gasteiger partial charge in [0.25, 0.3) is 0 Å². The summed E-state index contributed by atoms with van der Waals surface area (Å²) in [5.74, 6) is -0.840. The maximum Gasteiger partial charge on any atom is 0.339 e. The van der Waals surface area contributed by atoms with E-state index in [1.165, 1.54) is 10.8 Å². The van der Waals surface area contributed by atoms with Crippen LogP contribution < -0.4 is 0 Å². The average Bonchev–Trinajstić information content (AvgIpc) is 2.73. The molecule has 0 fully saturated rings. The van der Waals surface area contributed by atoms with E-state index in [2.05, 4.69) is 15.5 Å². The molecule has 0 saturated carbocycles. The second-order valence-corrected chi connectivity index (χ2v) is 3.40. The maximum atomic E-state index is 11.2. The molecule has 1 aromatic carbocycles. The van der Waals surface area contributed by atoms with Crippen LogP contribution in [0.3, 0.4) is 0 Å². The van der Waals surface area contributed by atoms with Crippen molar-refractivity contribution in [2.45, 2.75) is 0 Å². The van der Waals surface area contributed by atoms with Gasteiger partial charge in [-0.1, -0.05) is 30.3 Å². The molecule has 6 heteroatoms. The van der Waals surface area contributed by atoms with E-state index in [1.54, 1.807) is 7.05 Å². The van der Waals surface area contributed by atoms with Crippen LogP contribution in [0.2, 0.25) is 0 Å². The van der Waals surface area contributed by atoms with E-state index in [4.69, 9.17) is 5.11 Å². The Morgan fingerprint density at radius 2 is 2.06 bits per heavy atom. The molecule has 0 amide bonds. The smallest absolute Gasteiger partial charge is 0.339 e. The zero-order valence-electron chi connectivity index (χ0n) is 9.11. The van der Waals surface area contributed by atoms with Gasteiger partial charge in [-0.2, -0.15) is 0 Å². The molecule has 0 atom stereocenters. The molecule has 0 unspecified atom stereocenters. The van der Waals surface area contributed by atoms with E-state index in [0.29, 0.717) is 0 Å². The lowest BCUT2D eigenvalue weighted by molar-refractivity contribution is -0.130. The van der Waals surface area contributed by atoms with Crippen molar-refractivity contribution in [1.29, 1.82) is 0 Å². The van der Waals surface area contributed by atoms with Crippen molar-refractivity contribution in [2.75, 3.05) is 0 Å². The summed E-state index contributed by atoms with van der Waals surface area (Å²) in [5, 5.41) is 19.9. The number of benzene rings is 1. The molecule has 0 aliphatic rings. The second kappa shape index (κ2) is 4.56. The molecule has 0 aliphatic heterocycles. The van der Waals surface area contributed by atoms with E-state index in [0.717, 1.165) is 5.56 Å². The molecular weight excluding hydrogens is 220 g/mol. The fourth-order valence-corrected chi connectivity index (χ4v) is 1.40. The third-order valence-electron chi connectivity index (χ3n) is 2.20. The number of hydrogen-bond acceptors (Lipinski definition) is 4. The van der Waals surface area contributed by atoms with Crippen molar-refractivity contribution in [3.8, 4) is 0 Å². The van der Waals surface area contributed by atoms with Crippen molar-refractivity contribution >= 4 is 17.6 Å². The zero-order valence-corrected chi connectivity index (χ0v) is 9.11. The summed E-state index contributed by atoms with van der Waals surface area (Å²) in [7, 11) is 1.59. The minimum atomic E-state index is -1.06. The monoisotopic (exact) mass is 230 g/mol. The van der Waals surface area contributed by atoms with Crippen LogP contribution in [0.5, 0.6) is 0 Å². The minimum Gasteiger partial charge on any atom is -0.478 e. The van der Waals surface area contributed by atoms with Crippen molar-refractivity contribution in [2.24, 2.45) is 7.05 Å². The molecule has 0 spiro atoms. The number of carbonyl (C=O) groups is 1. The van der Waals surface area contributed by atoms with Gasteiger partial charge in [-0.3, -0.25) is 0 Å². The second-order valence-electron chi connectivity index (χ2n) is 3.40. The average molecular weight is 230 g/mol. The summed E-state index contributed by atoms with van der Waals surface area (Å²) in [5.41, 5.74) is 0.844. The molecule has 17 heavy (non-hydrogen) atoms. The molecule has 2 rings (SSSR count). The first-order chi connectivity index (χ1) is 8.18. The van der Waals surface area contributed by atoms with Crippen molar-refractivity contribution in [3.05, 3.63) is 41.7 Å². The van der Waals surface area contributed by atoms with E-state index >= 15 is 0 Å². The first-order valence-electron chi connectivity index (χ1n) is 4.91. The Kier molecular flexibility index (Phi) is 2.95. The van der Waals surface area contributed by atoms with E-state index in [9.17, 15) is 4.79 Å². The predicted octanol–water partition coefficient (Wildman–Crippen LogP) is 0.835. The van der Waals surface area contributed by atoms with Gasteiger partial charge < -0.3 is 5.11 Å². The molecule has 1 N–H and O–H groups in total. The lowest BCUT2D eigenvalue weighted by atomic mass is 10.1. The number of aryl methyl sites for hydroxylation is 1. The van der Waals surface area contributed by atoms with Gasteiger partial charge in [0.1, 0.15) is 5.57 Å². The Labute approximate surface area is 97.2 Å². The molecule has 6 nitrogen and oxygen atoms in total. The number of nitrogens with zero attached hydrogens (tertiary/aromatic N) is 4. The highest BCUT2D eigenvalue weighted by Gasteiger charge is 2.16. The van der Waals surface area contributed by atoms with Gasteiger partial charge in [0, 0.05) is 7.05 Å². The molecule has 0 saturated heterocycles. The SMILES string of the molecule is Cn1nnnc1/C(=C\c1ccccc1)C(=O)O. The normalized spacial score (nSPS) is 11.5. The molecule has 0 radical (unpaired) electrons. The van der Waals surface area contributed by atoms with Crippen molar-refractivity contribution < 1.29 is 9.90 Å². The van der Waals surface area contributed by atoms with Gasteiger partial charge in [-0.05, 0) is 22.1 Å². The van der Waals surface area contributed by atoms with Gasteiger partial charge in [0.15, 0.2) is 5.82 Å². The highest BCUT2D eigenvalue weighted by Crippen LogP contribution is 2.15. The van der Waals surface area contributed by atoms with Crippen molar-refractivity contribution in [1.82, 2.24) is 20.2 Å². The molecule has 1 aromatic heterocycles. The Morgan fingerprint density at radius 3 is 2.59 bits per heavy atom. The summed E-state index contributed by atoms with van der Waals surface area (Å²) in [6.45, 7) is 0. The van der Waals surface area contributed by atoms with Crippen LogP contribution in [0.4, 0.5) is 0 Å². The van der Waals surface area contributed by atoms with Gasteiger partial charge in [0.05, 0.1) is 0 Å². The van der Waals surface area contributed by atoms with Gasteiger partial charge in [-0.15, -0.1) is 5.10 Å². The number of carboxylic acids is 1. The fourth-order valence-electron chi connectivity index (χ4n) is 1.40. The first-order valence-corrected chi connectivity index (χ1v) is 4.91. The van der Waals surface area contributed by atoms with Crippen LogP contribution in [-0.4, -0.2) is 31.3 Å². The Balaban J connectivity index is 2.48. The van der Waals surface area contributed by atoms with Gasteiger partial charge >= 0.3 is 5.97 Å². The lowest BCUT2D eigenvalue weighted by Crippen LogP contribution is -2.06. The Bertz CT molecular complexity index is 560. The lowest BCUT2D eigenvalue weighted by Gasteiger charge is -2.00. The Morgan fingerprint density at radius 1 is 1.35 bits per heavy atom. The highest BCUT2D eigenvalue weighted by molar-refractivity contribution is 6.19. The summed E-state index contributed by atoms with van der Waals surface area (Å²) in [6.07, 6.45) is 1.54. The molecule has 0 bridgehead atoms. The topological polar surface area (TPSA) is 80.9 Å². The quantitative estimate of drug-likeness (QED) is 0.790. The highest BCUT2D eigenvalue weighted by atomic mass is 16.4. The van der Waals surface area contributed by atoms with Gasteiger partial charge in [-0.25, -0.2) is 9.48 Å². The van der Waals surface area contributed by atoms with Crippen LogP contribution in [0, 0.1) is 0 Å². The first kappa shape index (κ1) is 11.0. The molecule has 2 aromatic rings. The minimum absolute atomic E-state index is 0.0590. The summed E-state index contributed by atoms with van der Waals surface area (Å²) < 4.78 is 1.32. The van der Waals surface area contributed by atoms with Crippen LogP contribution in [-0.2, 0) is 11.8 Å². The number of aromatic nitrogens is 4. The molecule has 0 aliphatic carbocycles. The van der Waals surface area contributed by atoms with E-state index < -0.39 is 5.97 Å². The number of carboxylic acid groups (broad SMARTS) is 1. The molecular formula is C11H10N4O2. The largest absolute Gasteiger partial charge is 0.478 e. The third-order valence-corrected chi connectivity index (χ3v) is 2.20. The van der Waals surface area contributed by atoms with Crippen molar-refractivity contribution in [3.63, 3.8) is 0 Å². The zero-order chi connectivity index (χ0) is 12.3. The predicted molar refractivity (Wildman–Crippen MR) is 60.7 cm³/mol. The van der Waals surface area contributed by atoms with Crippen LogP contribution in [0.1, 0.15) is 11.4 Å². The van der Waals surface area contributed by atoms with Crippen LogP contribution >= 0.6 is 0 Å². The number of aliphatic carboxylic acids is 1. The van der Waals surface area contributed by atoms with Crippen LogP contribution in [0.25, 0.3) is 11.6 Å². The van der Waals surface area contributed by atoms with Crippen LogP contribution in [0.15, 0.2) is 30.3 Å². The Hall–Kier alpha value is -2.50. The molecule has 86 valence electrons. The van der Waals surface area contributed by atoms with E-state index in [-0.39, 0.29) is 11.4 Å². The van der Waals surface area contributed by atoms with Gasteiger partial charge in [0.2, 0.25) is 0 Å². The summed E-state index contributed by atoms with van der Waals surface area (Å²) in [4.78, 5) is 11.2. The standard InChI is InChI=1S/C11H10N4O2/c1-15-10(12-13-14-15)9(11(16)17)7-8-5-3-2-4-6-8/h2-7H,1H3,(H,16,17)/b9-7+.